The molecule has 0 aromatic heterocycles. The van der Waals surface area contributed by atoms with Crippen LogP contribution in [0.2, 0.25) is 0 Å². The van der Waals surface area contributed by atoms with Crippen molar-refractivity contribution in [2.75, 3.05) is 38.1 Å². The van der Waals surface area contributed by atoms with Gasteiger partial charge in [-0.1, -0.05) is 19.9 Å². The smallest absolute Gasteiger partial charge is 0.251 e. The summed E-state index contributed by atoms with van der Waals surface area (Å²) >= 11 is 0. The van der Waals surface area contributed by atoms with E-state index in [9.17, 15) is 9.59 Å². The van der Waals surface area contributed by atoms with Crippen molar-refractivity contribution in [3.05, 3.63) is 29.8 Å². The summed E-state index contributed by atoms with van der Waals surface area (Å²) in [4.78, 5) is 26.7. The number of nitrogens with zero attached hydrogens (tertiary/aromatic N) is 1. The molecule has 2 amide bonds. The third-order valence-corrected chi connectivity index (χ3v) is 4.68. The number of ether oxygens (including phenoxy) is 1. The lowest BCUT2D eigenvalue weighted by Crippen LogP contribution is -2.48. The molecule has 0 bridgehead atoms. The Hall–Kier alpha value is -1.92. The van der Waals surface area contributed by atoms with Gasteiger partial charge in [0.1, 0.15) is 0 Å². The first kappa shape index (κ1) is 18.9. The van der Waals surface area contributed by atoms with E-state index in [1.807, 2.05) is 6.07 Å². The molecule has 2 N–H and O–H groups in total. The molecule has 6 heteroatoms. The first-order valence-electron chi connectivity index (χ1n) is 9.54. The van der Waals surface area contributed by atoms with Gasteiger partial charge < -0.3 is 15.4 Å². The normalized spacial score (nSPS) is 20.8. The maximum Gasteiger partial charge on any atom is 0.251 e. The lowest BCUT2D eigenvalue weighted by Gasteiger charge is -2.33. The third-order valence-electron chi connectivity index (χ3n) is 4.68. The third kappa shape index (κ3) is 5.54. The predicted molar refractivity (Wildman–Crippen MR) is 101 cm³/mol. The Morgan fingerprint density at radius 1 is 1.31 bits per heavy atom. The van der Waals surface area contributed by atoms with Crippen LogP contribution in [0.1, 0.15) is 37.0 Å². The predicted octanol–water partition coefficient (Wildman–Crippen LogP) is 2.12. The number of nitrogens with one attached hydrogen (secondary N) is 2. The van der Waals surface area contributed by atoms with Gasteiger partial charge in [-0.3, -0.25) is 14.5 Å². The second kappa shape index (κ2) is 8.64. The zero-order chi connectivity index (χ0) is 18.5. The van der Waals surface area contributed by atoms with Gasteiger partial charge in [-0.2, -0.15) is 0 Å². The zero-order valence-corrected chi connectivity index (χ0v) is 15.7. The van der Waals surface area contributed by atoms with Crippen LogP contribution in [0.5, 0.6) is 0 Å². The molecule has 6 nitrogen and oxygen atoms in total. The lowest BCUT2D eigenvalue weighted by atomic mass is 10.1. The highest BCUT2D eigenvalue weighted by atomic mass is 16.5. The maximum absolute atomic E-state index is 12.4. The van der Waals surface area contributed by atoms with E-state index < -0.39 is 0 Å². The van der Waals surface area contributed by atoms with Gasteiger partial charge in [0.25, 0.3) is 5.91 Å². The molecule has 1 aliphatic carbocycles. The number of anilines is 1. The van der Waals surface area contributed by atoms with Crippen molar-refractivity contribution in [2.45, 2.75) is 32.8 Å². The van der Waals surface area contributed by atoms with Gasteiger partial charge in [-0.25, -0.2) is 0 Å². The van der Waals surface area contributed by atoms with Gasteiger partial charge >= 0.3 is 0 Å². The molecule has 0 spiro atoms. The van der Waals surface area contributed by atoms with E-state index in [1.54, 1.807) is 18.2 Å². The lowest BCUT2D eigenvalue weighted by molar-refractivity contribution is -0.117. The highest BCUT2D eigenvalue weighted by Gasteiger charge is 2.29. The van der Waals surface area contributed by atoms with E-state index in [0.29, 0.717) is 30.3 Å². The fraction of sp³-hybridized carbons (Fsp3) is 0.600. The van der Waals surface area contributed by atoms with E-state index in [0.717, 1.165) is 32.5 Å². The summed E-state index contributed by atoms with van der Waals surface area (Å²) in [6, 6.07) is 7.08. The van der Waals surface area contributed by atoms with Gasteiger partial charge in [0, 0.05) is 43.3 Å². The second-order valence-corrected chi connectivity index (χ2v) is 7.70. The molecule has 1 aromatic rings. The number of hydrogen-bond acceptors (Lipinski definition) is 4. The zero-order valence-electron chi connectivity index (χ0n) is 15.7. The Bertz CT molecular complexity index is 643. The molecular formula is C20H29N3O3. The molecule has 1 saturated heterocycles. The van der Waals surface area contributed by atoms with Crippen molar-refractivity contribution in [1.29, 1.82) is 0 Å². The van der Waals surface area contributed by atoms with Gasteiger partial charge in [0.15, 0.2) is 0 Å². The minimum Gasteiger partial charge on any atom is -0.374 e. The molecule has 1 heterocycles. The molecule has 1 atom stereocenters. The van der Waals surface area contributed by atoms with Crippen LogP contribution in [0.3, 0.4) is 0 Å². The largest absolute Gasteiger partial charge is 0.374 e. The Kier molecular flexibility index (Phi) is 6.27. The number of hydrogen-bond donors (Lipinski definition) is 2. The summed E-state index contributed by atoms with van der Waals surface area (Å²) in [5, 5.41) is 5.83. The summed E-state index contributed by atoms with van der Waals surface area (Å²) in [5.74, 6) is 0.669. The minimum atomic E-state index is -0.142. The highest BCUT2D eigenvalue weighted by molar-refractivity contribution is 5.98. The summed E-state index contributed by atoms with van der Waals surface area (Å²) in [6.07, 6.45) is 1.94. The topological polar surface area (TPSA) is 70.7 Å². The fourth-order valence-corrected chi connectivity index (χ4v) is 3.22. The standard InChI is InChI=1S/C20H29N3O3/c1-14(2)12-23-8-9-26-18(13-23)11-21-19(24)16-4-3-5-17(10-16)22-20(25)15-6-7-15/h3-5,10,14-15,18H,6-9,11-13H2,1-2H3,(H,21,24)(H,22,25). The second-order valence-electron chi connectivity index (χ2n) is 7.70. The molecule has 2 aliphatic rings. The van der Waals surface area contributed by atoms with Crippen molar-refractivity contribution in [2.24, 2.45) is 11.8 Å². The molecule has 2 fully saturated rings. The average molecular weight is 359 g/mol. The average Bonchev–Trinajstić information content (AvgIpc) is 3.45. The summed E-state index contributed by atoms with van der Waals surface area (Å²) < 4.78 is 5.77. The number of benzene rings is 1. The maximum atomic E-state index is 12.4. The van der Waals surface area contributed by atoms with Crippen LogP contribution in [0.25, 0.3) is 0 Å². The van der Waals surface area contributed by atoms with Crippen LogP contribution in [-0.4, -0.2) is 55.6 Å². The summed E-state index contributed by atoms with van der Waals surface area (Å²) in [6.45, 7) is 8.46. The Morgan fingerprint density at radius 3 is 2.85 bits per heavy atom. The van der Waals surface area contributed by atoms with Crippen molar-refractivity contribution in [1.82, 2.24) is 10.2 Å². The first-order chi connectivity index (χ1) is 12.5. The molecule has 1 unspecified atom stereocenters. The number of carbonyl (C=O) groups excluding carboxylic acids is 2. The van der Waals surface area contributed by atoms with Crippen molar-refractivity contribution in [3.63, 3.8) is 0 Å². The summed E-state index contributed by atoms with van der Waals surface area (Å²) in [7, 11) is 0. The van der Waals surface area contributed by atoms with Crippen LogP contribution in [0.15, 0.2) is 24.3 Å². The molecule has 26 heavy (non-hydrogen) atoms. The van der Waals surface area contributed by atoms with E-state index in [1.165, 1.54) is 0 Å². The van der Waals surface area contributed by atoms with E-state index in [-0.39, 0.29) is 23.8 Å². The minimum absolute atomic E-state index is 0.0178. The molecular weight excluding hydrogens is 330 g/mol. The van der Waals surface area contributed by atoms with E-state index >= 15 is 0 Å². The fourth-order valence-electron chi connectivity index (χ4n) is 3.22. The molecule has 1 saturated carbocycles. The Morgan fingerprint density at radius 2 is 2.12 bits per heavy atom. The molecule has 142 valence electrons. The quantitative estimate of drug-likeness (QED) is 0.782. The number of rotatable bonds is 7. The van der Waals surface area contributed by atoms with Crippen LogP contribution >= 0.6 is 0 Å². The SMILES string of the molecule is CC(C)CN1CCOC(CNC(=O)c2cccc(NC(=O)C3CC3)c2)C1. The highest BCUT2D eigenvalue weighted by Crippen LogP contribution is 2.30. The number of amides is 2. The van der Waals surface area contributed by atoms with Crippen LogP contribution in [-0.2, 0) is 9.53 Å². The van der Waals surface area contributed by atoms with Crippen molar-refractivity contribution in [3.8, 4) is 0 Å². The monoisotopic (exact) mass is 359 g/mol. The van der Waals surface area contributed by atoms with Crippen LogP contribution < -0.4 is 10.6 Å². The van der Waals surface area contributed by atoms with Crippen LogP contribution in [0.4, 0.5) is 5.69 Å². The Labute approximate surface area is 155 Å². The van der Waals surface area contributed by atoms with E-state index in [4.69, 9.17) is 4.74 Å². The van der Waals surface area contributed by atoms with Crippen LogP contribution in [0, 0.1) is 11.8 Å². The summed E-state index contributed by atoms with van der Waals surface area (Å²) in [5.41, 5.74) is 1.22. The van der Waals surface area contributed by atoms with Gasteiger partial charge in [-0.15, -0.1) is 0 Å². The van der Waals surface area contributed by atoms with Gasteiger partial charge in [0.2, 0.25) is 5.91 Å². The van der Waals surface area contributed by atoms with Gasteiger partial charge in [-0.05, 0) is 37.0 Å². The van der Waals surface area contributed by atoms with Crippen molar-refractivity contribution < 1.29 is 14.3 Å². The van der Waals surface area contributed by atoms with Crippen molar-refractivity contribution >= 4 is 17.5 Å². The molecule has 0 radical (unpaired) electrons. The first-order valence-corrected chi connectivity index (χ1v) is 9.54. The number of carbonyl (C=O) groups is 2. The molecule has 3 rings (SSSR count). The van der Waals surface area contributed by atoms with Gasteiger partial charge in [0.05, 0.1) is 12.7 Å². The molecule has 1 aliphatic heterocycles. The Balaban J connectivity index is 1.49. The van der Waals surface area contributed by atoms with E-state index in [2.05, 4.69) is 29.4 Å². The molecule has 1 aromatic carbocycles. The number of morpholine rings is 1.